The molecule has 0 aliphatic heterocycles. The average Bonchev–Trinajstić information content (AvgIpc) is 2.82. The third-order valence-electron chi connectivity index (χ3n) is 4.90. The fourth-order valence-corrected chi connectivity index (χ4v) is 3.33. The van der Waals surface area contributed by atoms with E-state index in [1.54, 1.807) is 0 Å². The van der Waals surface area contributed by atoms with Crippen molar-refractivity contribution in [3.63, 3.8) is 0 Å². The molecule has 0 radical (unpaired) electrons. The molecule has 1 aromatic rings. The first kappa shape index (κ1) is 14.6. The van der Waals surface area contributed by atoms with Crippen molar-refractivity contribution in [2.24, 2.45) is 11.1 Å². The summed E-state index contributed by atoms with van der Waals surface area (Å²) in [6.07, 6.45) is 8.62. The summed E-state index contributed by atoms with van der Waals surface area (Å²) >= 11 is 0. The minimum atomic E-state index is 0.263. The van der Waals surface area contributed by atoms with Crippen LogP contribution >= 0.6 is 0 Å². The number of nitrogens with zero attached hydrogens (tertiary/aromatic N) is 2. The fourth-order valence-electron chi connectivity index (χ4n) is 3.33. The molecule has 3 heteroatoms. The summed E-state index contributed by atoms with van der Waals surface area (Å²) in [7, 11) is 0. The second-order valence-corrected chi connectivity index (χ2v) is 6.32. The smallest absolute Gasteiger partial charge is 0.0624 e. The molecule has 1 aliphatic carbocycles. The summed E-state index contributed by atoms with van der Waals surface area (Å²) in [5.74, 6) is 0. The number of aryl methyl sites for hydroxylation is 2. The Morgan fingerprint density at radius 1 is 1.32 bits per heavy atom. The van der Waals surface area contributed by atoms with E-state index in [2.05, 4.69) is 36.6 Å². The lowest BCUT2D eigenvalue weighted by atomic mass is 9.69. The van der Waals surface area contributed by atoms with E-state index < -0.39 is 0 Å². The first-order chi connectivity index (χ1) is 9.09. The molecule has 1 unspecified atom stereocenters. The van der Waals surface area contributed by atoms with E-state index in [0.29, 0.717) is 5.41 Å². The number of hydrogen-bond acceptors (Lipinski definition) is 2. The SMILES string of the molecule is CCc1cc(CC(N)C2(C)CCCCC2)n(CC)n1. The highest BCUT2D eigenvalue weighted by Gasteiger charge is 2.33. The molecule has 0 bridgehead atoms. The van der Waals surface area contributed by atoms with E-state index in [0.717, 1.165) is 19.4 Å². The summed E-state index contributed by atoms with van der Waals surface area (Å²) < 4.78 is 2.13. The van der Waals surface area contributed by atoms with Gasteiger partial charge in [0.05, 0.1) is 5.69 Å². The minimum Gasteiger partial charge on any atom is -0.327 e. The van der Waals surface area contributed by atoms with Crippen LogP contribution in [0.5, 0.6) is 0 Å². The lowest BCUT2D eigenvalue weighted by Crippen LogP contribution is -2.42. The minimum absolute atomic E-state index is 0.263. The Balaban J connectivity index is 2.09. The van der Waals surface area contributed by atoms with Crippen molar-refractivity contribution in [1.82, 2.24) is 9.78 Å². The molecular formula is C16H29N3. The molecule has 1 aromatic heterocycles. The van der Waals surface area contributed by atoms with E-state index in [4.69, 9.17) is 5.73 Å². The van der Waals surface area contributed by atoms with Gasteiger partial charge in [0, 0.05) is 24.7 Å². The fraction of sp³-hybridized carbons (Fsp3) is 0.812. The summed E-state index contributed by atoms with van der Waals surface area (Å²) in [5, 5.41) is 4.63. The van der Waals surface area contributed by atoms with Crippen LogP contribution in [0.4, 0.5) is 0 Å². The zero-order chi connectivity index (χ0) is 13.9. The van der Waals surface area contributed by atoms with Crippen LogP contribution in [-0.2, 0) is 19.4 Å². The van der Waals surface area contributed by atoms with Crippen LogP contribution in [0.3, 0.4) is 0 Å². The van der Waals surface area contributed by atoms with E-state index in [1.807, 2.05) is 0 Å². The number of hydrogen-bond donors (Lipinski definition) is 1. The summed E-state index contributed by atoms with van der Waals surface area (Å²) in [5.41, 5.74) is 9.39. The highest BCUT2D eigenvalue weighted by molar-refractivity contribution is 5.13. The number of aromatic nitrogens is 2. The van der Waals surface area contributed by atoms with Crippen LogP contribution in [0.2, 0.25) is 0 Å². The Morgan fingerprint density at radius 2 is 2.00 bits per heavy atom. The van der Waals surface area contributed by atoms with Gasteiger partial charge < -0.3 is 5.73 Å². The number of rotatable bonds is 5. The van der Waals surface area contributed by atoms with Gasteiger partial charge >= 0.3 is 0 Å². The Labute approximate surface area is 117 Å². The highest BCUT2D eigenvalue weighted by atomic mass is 15.3. The van der Waals surface area contributed by atoms with Gasteiger partial charge in [-0.25, -0.2) is 0 Å². The maximum absolute atomic E-state index is 6.55. The molecule has 0 amide bonds. The molecule has 0 aromatic carbocycles. The standard InChI is InChI=1S/C16H29N3/c1-4-13-11-14(19(5-2)18-13)12-15(17)16(3)9-7-6-8-10-16/h11,15H,4-10,12,17H2,1-3H3. The lowest BCUT2D eigenvalue weighted by molar-refractivity contribution is 0.167. The van der Waals surface area contributed by atoms with Crippen molar-refractivity contribution in [3.05, 3.63) is 17.5 Å². The molecule has 2 rings (SSSR count). The Hall–Kier alpha value is -0.830. The first-order valence-corrected chi connectivity index (χ1v) is 7.90. The van der Waals surface area contributed by atoms with Gasteiger partial charge in [0.1, 0.15) is 0 Å². The molecule has 1 heterocycles. The van der Waals surface area contributed by atoms with Gasteiger partial charge in [0.15, 0.2) is 0 Å². The van der Waals surface area contributed by atoms with Crippen molar-refractivity contribution >= 4 is 0 Å². The van der Waals surface area contributed by atoms with Crippen LogP contribution in [0, 0.1) is 5.41 Å². The van der Waals surface area contributed by atoms with Crippen molar-refractivity contribution in [2.45, 2.75) is 78.3 Å². The summed E-state index contributed by atoms with van der Waals surface area (Å²) in [4.78, 5) is 0. The maximum Gasteiger partial charge on any atom is 0.0624 e. The predicted molar refractivity (Wildman–Crippen MR) is 80.2 cm³/mol. The van der Waals surface area contributed by atoms with Gasteiger partial charge in [-0.15, -0.1) is 0 Å². The molecule has 2 N–H and O–H groups in total. The second kappa shape index (κ2) is 6.08. The molecule has 1 fully saturated rings. The van der Waals surface area contributed by atoms with E-state index in [1.165, 1.54) is 43.5 Å². The molecule has 0 spiro atoms. The predicted octanol–water partition coefficient (Wildman–Crippen LogP) is 3.31. The Morgan fingerprint density at radius 3 is 2.58 bits per heavy atom. The van der Waals surface area contributed by atoms with Crippen molar-refractivity contribution < 1.29 is 0 Å². The molecule has 108 valence electrons. The normalized spacial score (nSPS) is 20.4. The Kier molecular flexibility index (Phi) is 4.67. The highest BCUT2D eigenvalue weighted by Crippen LogP contribution is 2.39. The third-order valence-corrected chi connectivity index (χ3v) is 4.90. The van der Waals surface area contributed by atoms with Crippen LogP contribution in [0.25, 0.3) is 0 Å². The van der Waals surface area contributed by atoms with Crippen LogP contribution in [0.1, 0.15) is 64.3 Å². The monoisotopic (exact) mass is 263 g/mol. The zero-order valence-electron chi connectivity index (χ0n) is 12.8. The van der Waals surface area contributed by atoms with E-state index in [-0.39, 0.29) is 6.04 Å². The van der Waals surface area contributed by atoms with Gasteiger partial charge in [-0.05, 0) is 37.7 Å². The molecule has 3 nitrogen and oxygen atoms in total. The lowest BCUT2D eigenvalue weighted by Gasteiger charge is -2.39. The molecule has 1 atom stereocenters. The largest absolute Gasteiger partial charge is 0.327 e. The first-order valence-electron chi connectivity index (χ1n) is 7.90. The van der Waals surface area contributed by atoms with Crippen LogP contribution in [0.15, 0.2) is 6.07 Å². The summed E-state index contributed by atoms with van der Waals surface area (Å²) in [6, 6.07) is 2.51. The van der Waals surface area contributed by atoms with Crippen molar-refractivity contribution in [1.29, 1.82) is 0 Å². The summed E-state index contributed by atoms with van der Waals surface area (Å²) in [6.45, 7) is 7.64. The average molecular weight is 263 g/mol. The molecule has 1 aliphatic rings. The van der Waals surface area contributed by atoms with Gasteiger partial charge in [0.2, 0.25) is 0 Å². The quantitative estimate of drug-likeness (QED) is 0.885. The van der Waals surface area contributed by atoms with Gasteiger partial charge in [-0.3, -0.25) is 4.68 Å². The molecular weight excluding hydrogens is 234 g/mol. The zero-order valence-corrected chi connectivity index (χ0v) is 12.8. The maximum atomic E-state index is 6.55. The van der Waals surface area contributed by atoms with Gasteiger partial charge in [0.25, 0.3) is 0 Å². The van der Waals surface area contributed by atoms with Gasteiger partial charge in [-0.2, -0.15) is 5.10 Å². The molecule has 19 heavy (non-hydrogen) atoms. The number of nitrogens with two attached hydrogens (primary N) is 1. The molecule has 1 saturated carbocycles. The van der Waals surface area contributed by atoms with Crippen molar-refractivity contribution in [3.8, 4) is 0 Å². The third kappa shape index (κ3) is 3.19. The van der Waals surface area contributed by atoms with Crippen LogP contribution < -0.4 is 5.73 Å². The Bertz CT molecular complexity index is 402. The molecule has 0 saturated heterocycles. The van der Waals surface area contributed by atoms with E-state index >= 15 is 0 Å². The van der Waals surface area contributed by atoms with Crippen molar-refractivity contribution in [2.75, 3.05) is 0 Å². The van der Waals surface area contributed by atoms with E-state index in [9.17, 15) is 0 Å². The van der Waals surface area contributed by atoms with Crippen LogP contribution in [-0.4, -0.2) is 15.8 Å². The second-order valence-electron chi connectivity index (χ2n) is 6.32. The topological polar surface area (TPSA) is 43.8 Å². The van der Waals surface area contributed by atoms with Gasteiger partial charge in [-0.1, -0.05) is 33.1 Å².